The lowest BCUT2D eigenvalue weighted by molar-refractivity contribution is -0.129. The van der Waals surface area contributed by atoms with Crippen LogP contribution >= 0.6 is 22.7 Å². The summed E-state index contributed by atoms with van der Waals surface area (Å²) in [4.78, 5) is 27.7. The smallest absolute Gasteiger partial charge is 0.345 e. The molecule has 2 aromatic heterocycles. The van der Waals surface area contributed by atoms with Gasteiger partial charge in [0, 0.05) is 35.2 Å². The van der Waals surface area contributed by atoms with Gasteiger partial charge in [-0.25, -0.2) is 4.79 Å². The van der Waals surface area contributed by atoms with E-state index < -0.39 is 5.97 Å². The number of aryl methyl sites for hydroxylation is 1. The molecule has 1 amide bonds. The van der Waals surface area contributed by atoms with Crippen molar-refractivity contribution in [2.75, 3.05) is 6.54 Å². The van der Waals surface area contributed by atoms with Crippen LogP contribution in [-0.4, -0.2) is 45.7 Å². The molecular weight excluding hydrogens is 382 g/mol. The second-order valence-corrected chi connectivity index (χ2v) is 9.17. The zero-order valence-corrected chi connectivity index (χ0v) is 16.8. The summed E-state index contributed by atoms with van der Waals surface area (Å²) in [5, 5.41) is 21.3. The van der Waals surface area contributed by atoms with Gasteiger partial charge in [0.25, 0.3) is 0 Å². The van der Waals surface area contributed by atoms with E-state index in [9.17, 15) is 14.7 Å². The van der Waals surface area contributed by atoms with E-state index in [1.54, 1.807) is 17.4 Å². The van der Waals surface area contributed by atoms with Gasteiger partial charge < -0.3 is 15.1 Å². The van der Waals surface area contributed by atoms with Gasteiger partial charge in [0.2, 0.25) is 5.91 Å². The van der Waals surface area contributed by atoms with Crippen molar-refractivity contribution in [3.05, 3.63) is 44.3 Å². The Hall–Kier alpha value is -1.70. The largest absolute Gasteiger partial charge is 0.477 e. The summed E-state index contributed by atoms with van der Waals surface area (Å²) >= 11 is 2.97. The number of amides is 1. The third-order valence-corrected chi connectivity index (χ3v) is 7.03. The zero-order valence-electron chi connectivity index (χ0n) is 15.2. The van der Waals surface area contributed by atoms with Gasteiger partial charge >= 0.3 is 5.97 Å². The highest BCUT2D eigenvalue weighted by atomic mass is 32.1. The summed E-state index contributed by atoms with van der Waals surface area (Å²) in [5.41, 5.74) is 0. The van der Waals surface area contributed by atoms with Crippen LogP contribution in [0.5, 0.6) is 0 Å². The molecule has 3 heterocycles. The first-order valence-electron chi connectivity index (χ1n) is 9.35. The van der Waals surface area contributed by atoms with Gasteiger partial charge in [-0.1, -0.05) is 6.07 Å². The normalized spacial score (nSPS) is 18.2. The quantitative estimate of drug-likeness (QED) is 0.628. The van der Waals surface area contributed by atoms with Gasteiger partial charge in [0.15, 0.2) is 0 Å². The minimum absolute atomic E-state index is 0.199. The molecule has 0 aromatic carbocycles. The van der Waals surface area contributed by atoms with Crippen molar-refractivity contribution in [2.24, 2.45) is 0 Å². The van der Waals surface area contributed by atoms with Crippen LogP contribution < -0.4 is 0 Å². The number of aromatic carboxylic acids is 1. The minimum Gasteiger partial charge on any atom is -0.477 e. The number of hydrogen-bond acceptors (Lipinski definition) is 5. The Morgan fingerprint density at radius 3 is 2.85 bits per heavy atom. The molecule has 27 heavy (non-hydrogen) atoms. The first-order chi connectivity index (χ1) is 13.0. The van der Waals surface area contributed by atoms with Crippen molar-refractivity contribution in [2.45, 2.75) is 57.1 Å². The summed E-state index contributed by atoms with van der Waals surface area (Å²) in [7, 11) is 0. The van der Waals surface area contributed by atoms with Crippen molar-refractivity contribution >= 4 is 34.6 Å². The third-order valence-electron chi connectivity index (χ3n) is 5.00. The van der Waals surface area contributed by atoms with E-state index in [0.717, 1.165) is 30.6 Å². The Bertz CT molecular complexity index is 756. The first-order valence-corrected chi connectivity index (χ1v) is 11.0. The molecule has 0 bridgehead atoms. The van der Waals surface area contributed by atoms with Gasteiger partial charge in [-0.3, -0.25) is 4.79 Å². The molecule has 1 aliphatic rings. The third kappa shape index (κ3) is 5.64. The van der Waals surface area contributed by atoms with E-state index in [-0.39, 0.29) is 18.1 Å². The molecule has 0 saturated carbocycles. The Morgan fingerprint density at radius 1 is 1.30 bits per heavy atom. The number of carbonyl (C=O) groups excluding carboxylic acids is 1. The number of carbonyl (C=O) groups is 2. The zero-order chi connectivity index (χ0) is 19.2. The van der Waals surface area contributed by atoms with Crippen molar-refractivity contribution in [1.29, 1.82) is 0 Å². The number of likely N-dealkylation sites (tertiary alicyclic amines) is 1. The SMILES string of the molecule is O=C(O)c1ccc(CCCN2C(=O)CC[C@@H]2CCC(O)Cc2cccs2)s1. The van der Waals surface area contributed by atoms with Crippen molar-refractivity contribution in [3.8, 4) is 0 Å². The van der Waals surface area contributed by atoms with Crippen LogP contribution in [0.25, 0.3) is 0 Å². The van der Waals surface area contributed by atoms with Crippen LogP contribution in [0, 0.1) is 0 Å². The number of thiophene rings is 2. The lowest BCUT2D eigenvalue weighted by atomic mass is 10.0. The lowest BCUT2D eigenvalue weighted by Gasteiger charge is -2.25. The molecule has 1 fully saturated rings. The molecule has 0 spiro atoms. The van der Waals surface area contributed by atoms with Crippen LogP contribution in [0.1, 0.15) is 51.5 Å². The molecule has 5 nitrogen and oxygen atoms in total. The van der Waals surface area contributed by atoms with Crippen molar-refractivity contribution < 1.29 is 19.8 Å². The molecule has 2 N–H and O–H groups in total. The molecule has 2 atom stereocenters. The molecule has 1 unspecified atom stereocenters. The second kappa shape index (κ2) is 9.48. The Balaban J connectivity index is 1.43. The Kier molecular flexibility index (Phi) is 7.04. The monoisotopic (exact) mass is 407 g/mol. The fourth-order valence-corrected chi connectivity index (χ4v) is 5.27. The summed E-state index contributed by atoms with van der Waals surface area (Å²) in [6.07, 6.45) is 4.94. The average molecular weight is 408 g/mol. The first kappa shape index (κ1) is 20.0. The van der Waals surface area contributed by atoms with Gasteiger partial charge in [-0.2, -0.15) is 0 Å². The standard InChI is InChI=1S/C20H25NO4S2/c22-15(13-17-4-2-12-26-17)7-5-14-6-10-19(23)21(14)11-1-3-16-8-9-18(27-16)20(24)25/h2,4,8-9,12,14-15,22H,1,3,5-7,10-11,13H2,(H,24,25)/t14-,15?/m0/s1. The number of aliphatic hydroxyl groups is 1. The molecule has 1 aliphatic heterocycles. The van der Waals surface area contributed by atoms with Crippen molar-refractivity contribution in [1.82, 2.24) is 4.90 Å². The molecule has 7 heteroatoms. The number of nitrogens with zero attached hydrogens (tertiary/aromatic N) is 1. The maximum Gasteiger partial charge on any atom is 0.345 e. The highest BCUT2D eigenvalue weighted by Crippen LogP contribution is 2.25. The lowest BCUT2D eigenvalue weighted by Crippen LogP contribution is -2.34. The van der Waals surface area contributed by atoms with Gasteiger partial charge in [-0.15, -0.1) is 22.7 Å². The van der Waals surface area contributed by atoms with Gasteiger partial charge in [-0.05, 0) is 55.7 Å². The molecular formula is C20H25NO4S2. The maximum atomic E-state index is 12.2. The van der Waals surface area contributed by atoms with E-state index in [0.29, 0.717) is 30.7 Å². The van der Waals surface area contributed by atoms with Crippen LogP contribution in [-0.2, 0) is 17.6 Å². The van der Waals surface area contributed by atoms with E-state index in [1.807, 2.05) is 28.5 Å². The fraction of sp³-hybridized carbons (Fsp3) is 0.500. The van der Waals surface area contributed by atoms with E-state index in [1.165, 1.54) is 16.2 Å². The summed E-state index contributed by atoms with van der Waals surface area (Å²) in [5.74, 6) is -0.688. The number of carboxylic acid groups (broad SMARTS) is 1. The van der Waals surface area contributed by atoms with Gasteiger partial charge in [0.05, 0.1) is 6.10 Å². The van der Waals surface area contributed by atoms with E-state index >= 15 is 0 Å². The summed E-state index contributed by atoms with van der Waals surface area (Å²) < 4.78 is 0. The maximum absolute atomic E-state index is 12.2. The molecule has 3 rings (SSSR count). The fourth-order valence-electron chi connectivity index (χ4n) is 3.60. The highest BCUT2D eigenvalue weighted by Gasteiger charge is 2.30. The molecule has 2 aromatic rings. The molecule has 0 radical (unpaired) electrons. The number of carboxylic acids is 1. The van der Waals surface area contributed by atoms with Crippen LogP contribution in [0.4, 0.5) is 0 Å². The average Bonchev–Trinajstić information content (AvgIpc) is 3.36. The molecule has 1 saturated heterocycles. The van der Waals surface area contributed by atoms with E-state index in [4.69, 9.17) is 5.11 Å². The molecule has 146 valence electrons. The van der Waals surface area contributed by atoms with Crippen LogP contribution in [0.2, 0.25) is 0 Å². The predicted octanol–water partition coefficient (Wildman–Crippen LogP) is 3.82. The Labute approximate surface area is 167 Å². The van der Waals surface area contributed by atoms with Crippen molar-refractivity contribution in [3.63, 3.8) is 0 Å². The highest BCUT2D eigenvalue weighted by molar-refractivity contribution is 7.13. The van der Waals surface area contributed by atoms with Crippen LogP contribution in [0.3, 0.4) is 0 Å². The second-order valence-electron chi connectivity index (χ2n) is 6.97. The number of hydrogen-bond donors (Lipinski definition) is 2. The topological polar surface area (TPSA) is 77.8 Å². The Morgan fingerprint density at radius 2 is 2.15 bits per heavy atom. The summed E-state index contributed by atoms with van der Waals surface area (Å²) in [6.45, 7) is 0.699. The minimum atomic E-state index is -0.887. The number of aliphatic hydroxyl groups excluding tert-OH is 1. The van der Waals surface area contributed by atoms with Gasteiger partial charge in [0.1, 0.15) is 4.88 Å². The summed E-state index contributed by atoms with van der Waals surface area (Å²) in [6, 6.07) is 7.75. The molecule has 0 aliphatic carbocycles. The predicted molar refractivity (Wildman–Crippen MR) is 108 cm³/mol. The van der Waals surface area contributed by atoms with Crippen LogP contribution in [0.15, 0.2) is 29.6 Å². The number of rotatable bonds is 10. The van der Waals surface area contributed by atoms with E-state index in [2.05, 4.69) is 0 Å².